The lowest BCUT2D eigenvalue weighted by Gasteiger charge is -1.99. The van der Waals surface area contributed by atoms with Gasteiger partial charge in [-0.3, -0.25) is 4.79 Å². The molecule has 0 bridgehead atoms. The lowest BCUT2D eigenvalue weighted by molar-refractivity contribution is -0.104. The summed E-state index contributed by atoms with van der Waals surface area (Å²) in [6.45, 7) is 4.14. The topological polar surface area (TPSA) is 17.1 Å². The maximum absolute atomic E-state index is 10.0. The van der Waals surface area contributed by atoms with Gasteiger partial charge in [0.2, 0.25) is 0 Å². The number of aldehydes is 1. The van der Waals surface area contributed by atoms with Crippen LogP contribution >= 0.6 is 0 Å². The quantitative estimate of drug-likeness (QED) is 0.480. The molecule has 1 rings (SSSR count). The average Bonchev–Trinajstić information content (AvgIpc) is 2.07. The van der Waals surface area contributed by atoms with Crippen molar-refractivity contribution >= 4 is 12.4 Å². The Hall–Kier alpha value is -1.37. The minimum atomic E-state index is 0.787. The van der Waals surface area contributed by atoms with Crippen LogP contribution in [0.5, 0.6) is 0 Å². The molecule has 0 aliphatic rings. The SMILES string of the molecule is Cc1ccc(/C=C/C=O)cc1C. The van der Waals surface area contributed by atoms with Crippen LogP contribution in [0.3, 0.4) is 0 Å². The molecule has 0 fully saturated rings. The standard InChI is InChI=1S/C11H12O/c1-9-5-6-11(4-3-7-12)8-10(9)2/h3-8H,1-2H3/b4-3+. The van der Waals surface area contributed by atoms with Crippen LogP contribution in [0, 0.1) is 13.8 Å². The molecular formula is C11H12O. The predicted octanol–water partition coefficient (Wildman–Crippen LogP) is 2.52. The summed E-state index contributed by atoms with van der Waals surface area (Å²) in [5.41, 5.74) is 3.60. The third-order valence-electron chi connectivity index (χ3n) is 1.90. The highest BCUT2D eigenvalue weighted by Crippen LogP contribution is 2.10. The van der Waals surface area contributed by atoms with E-state index in [-0.39, 0.29) is 0 Å². The van der Waals surface area contributed by atoms with Gasteiger partial charge >= 0.3 is 0 Å². The monoisotopic (exact) mass is 160 g/mol. The Balaban J connectivity index is 2.96. The van der Waals surface area contributed by atoms with Crippen LogP contribution in [0.2, 0.25) is 0 Å². The Morgan fingerprint density at radius 1 is 1.17 bits per heavy atom. The van der Waals surface area contributed by atoms with Gasteiger partial charge in [-0.15, -0.1) is 0 Å². The largest absolute Gasteiger partial charge is 0.299 e. The van der Waals surface area contributed by atoms with Crippen molar-refractivity contribution in [3.05, 3.63) is 41.0 Å². The zero-order valence-corrected chi connectivity index (χ0v) is 7.37. The maximum atomic E-state index is 10.0. The summed E-state index contributed by atoms with van der Waals surface area (Å²) in [7, 11) is 0. The highest BCUT2D eigenvalue weighted by molar-refractivity contribution is 5.73. The Kier molecular flexibility index (Phi) is 2.81. The minimum Gasteiger partial charge on any atom is -0.299 e. The van der Waals surface area contributed by atoms with E-state index in [1.54, 1.807) is 6.08 Å². The van der Waals surface area contributed by atoms with Crippen molar-refractivity contribution < 1.29 is 4.79 Å². The van der Waals surface area contributed by atoms with Gasteiger partial charge in [0.15, 0.2) is 0 Å². The second-order valence-electron chi connectivity index (χ2n) is 2.84. The number of carbonyl (C=O) groups is 1. The molecule has 0 saturated carbocycles. The van der Waals surface area contributed by atoms with Gasteiger partial charge in [-0.25, -0.2) is 0 Å². The van der Waals surface area contributed by atoms with E-state index in [0.717, 1.165) is 11.8 Å². The van der Waals surface area contributed by atoms with Crippen LogP contribution in [0.4, 0.5) is 0 Å². The second kappa shape index (κ2) is 3.86. The third kappa shape index (κ3) is 2.06. The third-order valence-corrected chi connectivity index (χ3v) is 1.90. The van der Waals surface area contributed by atoms with Gasteiger partial charge in [0.05, 0.1) is 0 Å². The van der Waals surface area contributed by atoms with Crippen molar-refractivity contribution in [1.82, 2.24) is 0 Å². The molecule has 0 unspecified atom stereocenters. The van der Waals surface area contributed by atoms with E-state index in [0.29, 0.717) is 0 Å². The highest BCUT2D eigenvalue weighted by atomic mass is 16.1. The highest BCUT2D eigenvalue weighted by Gasteiger charge is 1.91. The number of carbonyl (C=O) groups excluding carboxylic acids is 1. The Bertz CT molecular complexity index is 311. The number of allylic oxidation sites excluding steroid dienone is 1. The summed E-state index contributed by atoms with van der Waals surface area (Å²) in [6.07, 6.45) is 4.10. The first-order valence-corrected chi connectivity index (χ1v) is 3.93. The summed E-state index contributed by atoms with van der Waals surface area (Å²) in [4.78, 5) is 10.0. The van der Waals surface area contributed by atoms with Crippen molar-refractivity contribution in [3.8, 4) is 0 Å². The second-order valence-corrected chi connectivity index (χ2v) is 2.84. The first-order chi connectivity index (χ1) is 5.74. The molecule has 0 aliphatic heterocycles. The van der Waals surface area contributed by atoms with Crippen molar-refractivity contribution in [3.63, 3.8) is 0 Å². The van der Waals surface area contributed by atoms with Crippen molar-refractivity contribution in [2.75, 3.05) is 0 Å². The van der Waals surface area contributed by atoms with Crippen molar-refractivity contribution in [1.29, 1.82) is 0 Å². The fraction of sp³-hybridized carbons (Fsp3) is 0.182. The molecule has 1 heteroatoms. The molecule has 0 amide bonds. The molecular weight excluding hydrogens is 148 g/mol. The lowest BCUT2D eigenvalue weighted by atomic mass is 10.1. The summed E-state index contributed by atoms with van der Waals surface area (Å²) >= 11 is 0. The van der Waals surface area contributed by atoms with E-state index in [9.17, 15) is 4.79 Å². The van der Waals surface area contributed by atoms with Crippen molar-refractivity contribution in [2.45, 2.75) is 13.8 Å². The molecule has 0 heterocycles. The van der Waals surface area contributed by atoms with E-state index in [1.807, 2.05) is 6.07 Å². The summed E-state index contributed by atoms with van der Waals surface area (Å²) in [5, 5.41) is 0. The number of rotatable bonds is 2. The van der Waals surface area contributed by atoms with Crippen LogP contribution in [-0.4, -0.2) is 6.29 Å². The molecule has 0 aliphatic carbocycles. The van der Waals surface area contributed by atoms with Gasteiger partial charge in [-0.05, 0) is 36.6 Å². The molecule has 1 aromatic rings. The summed E-state index contributed by atoms with van der Waals surface area (Å²) in [6, 6.07) is 6.12. The van der Waals surface area contributed by atoms with E-state index >= 15 is 0 Å². The number of hydrogen-bond donors (Lipinski definition) is 0. The van der Waals surface area contributed by atoms with Gasteiger partial charge in [-0.1, -0.05) is 24.3 Å². The molecule has 1 aromatic carbocycles. The van der Waals surface area contributed by atoms with Crippen LogP contribution < -0.4 is 0 Å². The molecule has 0 spiro atoms. The minimum absolute atomic E-state index is 0.787. The van der Waals surface area contributed by atoms with Gasteiger partial charge in [-0.2, -0.15) is 0 Å². The number of aryl methyl sites for hydroxylation is 2. The molecule has 1 nitrogen and oxygen atoms in total. The fourth-order valence-electron chi connectivity index (χ4n) is 1.02. The van der Waals surface area contributed by atoms with Gasteiger partial charge in [0.25, 0.3) is 0 Å². The zero-order chi connectivity index (χ0) is 8.97. The molecule has 0 radical (unpaired) electrons. The van der Waals surface area contributed by atoms with E-state index in [1.165, 1.54) is 17.2 Å². The maximum Gasteiger partial charge on any atom is 0.142 e. The first kappa shape index (κ1) is 8.72. The Morgan fingerprint density at radius 3 is 2.50 bits per heavy atom. The zero-order valence-electron chi connectivity index (χ0n) is 7.37. The normalized spacial score (nSPS) is 10.5. The van der Waals surface area contributed by atoms with Gasteiger partial charge in [0, 0.05) is 0 Å². The fourth-order valence-corrected chi connectivity index (χ4v) is 1.02. The van der Waals surface area contributed by atoms with E-state index in [2.05, 4.69) is 26.0 Å². The molecule has 62 valence electrons. The van der Waals surface area contributed by atoms with E-state index in [4.69, 9.17) is 0 Å². The van der Waals surface area contributed by atoms with Crippen LogP contribution in [-0.2, 0) is 4.79 Å². The predicted molar refractivity (Wildman–Crippen MR) is 51.0 cm³/mol. The molecule has 0 saturated heterocycles. The first-order valence-electron chi connectivity index (χ1n) is 3.93. The van der Waals surface area contributed by atoms with E-state index < -0.39 is 0 Å². The van der Waals surface area contributed by atoms with Crippen LogP contribution in [0.1, 0.15) is 16.7 Å². The summed E-state index contributed by atoms with van der Waals surface area (Å²) in [5.74, 6) is 0. The molecule has 0 N–H and O–H groups in total. The summed E-state index contributed by atoms with van der Waals surface area (Å²) < 4.78 is 0. The van der Waals surface area contributed by atoms with Crippen molar-refractivity contribution in [2.24, 2.45) is 0 Å². The van der Waals surface area contributed by atoms with Crippen LogP contribution in [0.15, 0.2) is 24.3 Å². The van der Waals surface area contributed by atoms with Gasteiger partial charge < -0.3 is 0 Å². The Labute approximate surface area is 72.7 Å². The lowest BCUT2D eigenvalue weighted by Crippen LogP contribution is -1.81. The number of benzene rings is 1. The molecule has 12 heavy (non-hydrogen) atoms. The smallest absolute Gasteiger partial charge is 0.142 e. The molecule has 0 aromatic heterocycles. The number of hydrogen-bond acceptors (Lipinski definition) is 1. The molecule has 0 atom stereocenters. The Morgan fingerprint density at radius 2 is 1.92 bits per heavy atom. The van der Waals surface area contributed by atoms with Crippen LogP contribution in [0.25, 0.3) is 6.08 Å². The van der Waals surface area contributed by atoms with Gasteiger partial charge in [0.1, 0.15) is 6.29 Å². The average molecular weight is 160 g/mol.